The molecular weight excluding hydrogens is 426 g/mol. The zero-order valence-corrected chi connectivity index (χ0v) is 20.2. The number of rotatable bonds is 8. The number of benzene rings is 1. The van der Waals surface area contributed by atoms with Crippen LogP contribution < -0.4 is 16.2 Å². The summed E-state index contributed by atoms with van der Waals surface area (Å²) in [6.45, 7) is 4.93. The first kappa shape index (κ1) is 23.1. The summed E-state index contributed by atoms with van der Waals surface area (Å²) >= 11 is 0. The zero-order chi connectivity index (χ0) is 23.5. The van der Waals surface area contributed by atoms with Crippen LogP contribution in [0.15, 0.2) is 41.3 Å². The van der Waals surface area contributed by atoms with E-state index in [1.54, 1.807) is 16.7 Å². The van der Waals surface area contributed by atoms with Crippen molar-refractivity contribution in [3.63, 3.8) is 0 Å². The summed E-state index contributed by atoms with van der Waals surface area (Å²) in [5.74, 6) is 1.52. The molecule has 0 unspecified atom stereocenters. The van der Waals surface area contributed by atoms with Gasteiger partial charge in [0.1, 0.15) is 5.82 Å². The summed E-state index contributed by atoms with van der Waals surface area (Å²) in [5, 5.41) is 16.8. The van der Waals surface area contributed by atoms with Crippen molar-refractivity contribution in [3.05, 3.63) is 58.3 Å². The highest BCUT2D eigenvalue weighted by molar-refractivity contribution is 5.86. The van der Waals surface area contributed by atoms with Crippen LogP contribution in [0.25, 0.3) is 11.0 Å². The number of aryl methyl sites for hydroxylation is 3. The number of anilines is 1. The van der Waals surface area contributed by atoms with Crippen molar-refractivity contribution in [2.45, 2.75) is 77.0 Å². The van der Waals surface area contributed by atoms with Crippen LogP contribution in [0, 0.1) is 5.92 Å². The molecule has 1 aliphatic heterocycles. The van der Waals surface area contributed by atoms with E-state index in [0.29, 0.717) is 31.2 Å². The van der Waals surface area contributed by atoms with Crippen LogP contribution in [0.4, 0.5) is 5.69 Å². The molecule has 1 aromatic carbocycles. The largest absolute Gasteiger partial charge is 0.396 e. The fourth-order valence-electron chi connectivity index (χ4n) is 5.62. The number of fused-ring (bicyclic) bond motifs is 3. The van der Waals surface area contributed by atoms with Crippen molar-refractivity contribution in [3.8, 4) is 0 Å². The Morgan fingerprint density at radius 3 is 2.76 bits per heavy atom. The van der Waals surface area contributed by atoms with Crippen LogP contribution in [0.1, 0.15) is 50.4 Å². The second-order valence-electron chi connectivity index (χ2n) is 10.1. The maximum Gasteiger partial charge on any atom is 0.250 e. The van der Waals surface area contributed by atoms with Gasteiger partial charge in [0, 0.05) is 68.3 Å². The number of hydrogen-bond donors (Lipinski definition) is 3. The van der Waals surface area contributed by atoms with Gasteiger partial charge in [0.25, 0.3) is 5.56 Å². The molecule has 0 amide bonds. The second-order valence-corrected chi connectivity index (χ2v) is 10.1. The van der Waals surface area contributed by atoms with Crippen LogP contribution >= 0.6 is 0 Å². The fraction of sp³-hybridized carbons (Fsp3) is 0.556. The average molecular weight is 464 g/mol. The molecule has 182 valence electrons. The number of aliphatic hydroxyl groups excluding tert-OH is 1. The molecule has 1 saturated carbocycles. The molecule has 7 heteroatoms. The fourth-order valence-corrected chi connectivity index (χ4v) is 5.62. The summed E-state index contributed by atoms with van der Waals surface area (Å²) in [5.41, 5.74) is 4.86. The minimum Gasteiger partial charge on any atom is -0.396 e. The molecule has 1 fully saturated rings. The number of hydrogen-bond acceptors (Lipinski definition) is 5. The first-order chi connectivity index (χ1) is 16.6. The third-order valence-corrected chi connectivity index (χ3v) is 7.68. The van der Waals surface area contributed by atoms with E-state index < -0.39 is 0 Å². The van der Waals surface area contributed by atoms with E-state index in [1.165, 1.54) is 16.8 Å². The highest BCUT2D eigenvalue weighted by Crippen LogP contribution is 2.32. The monoisotopic (exact) mass is 463 g/mol. The summed E-state index contributed by atoms with van der Waals surface area (Å²) in [6.07, 6.45) is 9.22. The van der Waals surface area contributed by atoms with Crippen LogP contribution in [-0.4, -0.2) is 44.5 Å². The normalized spacial score (nSPS) is 22.5. The standard InChI is InChI=1S/C27H37N5O2/c1-19-5-10-22-23(29-19)11-12-24-27(22)30-25(13-16-31-15-3-2-4-26(31)34)32(24)17-14-28-21-8-6-20(18-33)7-9-21/h2-4,11-12,15,19-21,28-29,33H,5-10,13-14,16-18H2,1H3/t19-,20?,21?/m0/s1. The minimum atomic E-state index is 0.0286. The van der Waals surface area contributed by atoms with Crippen LogP contribution in [0.3, 0.4) is 0 Å². The van der Waals surface area contributed by atoms with E-state index in [1.807, 2.05) is 12.3 Å². The van der Waals surface area contributed by atoms with E-state index in [4.69, 9.17) is 4.98 Å². The Bertz CT molecular complexity index is 1180. The molecule has 3 N–H and O–H groups in total. The third kappa shape index (κ3) is 4.91. The van der Waals surface area contributed by atoms with Gasteiger partial charge < -0.3 is 24.9 Å². The van der Waals surface area contributed by atoms with Gasteiger partial charge in [0.05, 0.1) is 11.0 Å². The summed E-state index contributed by atoms with van der Waals surface area (Å²) < 4.78 is 4.12. The van der Waals surface area contributed by atoms with Gasteiger partial charge in [-0.2, -0.15) is 0 Å². The lowest BCUT2D eigenvalue weighted by Crippen LogP contribution is -2.36. The summed E-state index contributed by atoms with van der Waals surface area (Å²) in [7, 11) is 0. The maximum absolute atomic E-state index is 12.2. The SMILES string of the molecule is C[C@H]1CCc2c(ccc3c2nc(CCn2ccccc2=O)n3CCNC2CCC(CO)CC2)N1. The smallest absolute Gasteiger partial charge is 0.250 e. The van der Waals surface area contributed by atoms with Crippen molar-refractivity contribution < 1.29 is 5.11 Å². The molecule has 0 bridgehead atoms. The number of aromatic nitrogens is 3. The summed E-state index contributed by atoms with van der Waals surface area (Å²) in [6, 6.07) is 10.7. The molecule has 0 saturated heterocycles. The van der Waals surface area contributed by atoms with E-state index in [9.17, 15) is 9.90 Å². The molecule has 0 radical (unpaired) electrons. The van der Waals surface area contributed by atoms with Gasteiger partial charge >= 0.3 is 0 Å². The predicted molar refractivity (Wildman–Crippen MR) is 136 cm³/mol. The van der Waals surface area contributed by atoms with E-state index in [2.05, 4.69) is 34.3 Å². The van der Waals surface area contributed by atoms with Gasteiger partial charge in [-0.25, -0.2) is 4.98 Å². The number of imidazole rings is 1. The van der Waals surface area contributed by atoms with E-state index in [-0.39, 0.29) is 5.56 Å². The van der Waals surface area contributed by atoms with Gasteiger partial charge in [0.15, 0.2) is 0 Å². The Morgan fingerprint density at radius 1 is 1.12 bits per heavy atom. The summed E-state index contributed by atoms with van der Waals surface area (Å²) in [4.78, 5) is 17.3. The van der Waals surface area contributed by atoms with Crippen molar-refractivity contribution in [2.75, 3.05) is 18.5 Å². The zero-order valence-electron chi connectivity index (χ0n) is 20.2. The van der Waals surface area contributed by atoms with Crippen LogP contribution in [0.2, 0.25) is 0 Å². The van der Waals surface area contributed by atoms with Gasteiger partial charge in [0.2, 0.25) is 0 Å². The predicted octanol–water partition coefficient (Wildman–Crippen LogP) is 3.33. The molecule has 3 heterocycles. The molecule has 34 heavy (non-hydrogen) atoms. The topological polar surface area (TPSA) is 84.1 Å². The molecule has 1 aliphatic carbocycles. The van der Waals surface area contributed by atoms with Gasteiger partial charge in [-0.15, -0.1) is 0 Å². The lowest BCUT2D eigenvalue weighted by atomic mass is 9.86. The Hall–Kier alpha value is -2.64. The maximum atomic E-state index is 12.2. The Morgan fingerprint density at radius 2 is 1.97 bits per heavy atom. The number of pyridine rings is 1. The van der Waals surface area contributed by atoms with Gasteiger partial charge in [-0.1, -0.05) is 6.07 Å². The first-order valence-corrected chi connectivity index (χ1v) is 12.9. The molecule has 0 spiro atoms. The Labute approximate surface area is 201 Å². The minimum absolute atomic E-state index is 0.0286. The highest BCUT2D eigenvalue weighted by Gasteiger charge is 2.22. The molecule has 5 rings (SSSR count). The lowest BCUT2D eigenvalue weighted by Gasteiger charge is -2.28. The first-order valence-electron chi connectivity index (χ1n) is 12.9. The van der Waals surface area contributed by atoms with Crippen molar-refractivity contribution in [1.82, 2.24) is 19.4 Å². The molecule has 2 aliphatic rings. The van der Waals surface area contributed by atoms with E-state index >= 15 is 0 Å². The number of nitrogens with zero attached hydrogens (tertiary/aromatic N) is 3. The molecular formula is C27H37N5O2. The molecule has 1 atom stereocenters. The van der Waals surface area contributed by atoms with Gasteiger partial charge in [-0.05, 0) is 69.6 Å². The van der Waals surface area contributed by atoms with Crippen molar-refractivity contribution in [1.29, 1.82) is 0 Å². The van der Waals surface area contributed by atoms with Crippen LogP contribution in [-0.2, 0) is 25.9 Å². The number of aliphatic hydroxyl groups is 1. The van der Waals surface area contributed by atoms with Gasteiger partial charge in [-0.3, -0.25) is 4.79 Å². The van der Waals surface area contributed by atoms with E-state index in [0.717, 1.165) is 69.4 Å². The van der Waals surface area contributed by atoms with Crippen molar-refractivity contribution >= 4 is 16.7 Å². The highest BCUT2D eigenvalue weighted by atomic mass is 16.3. The second kappa shape index (κ2) is 10.3. The molecule has 2 aromatic heterocycles. The Kier molecular flexibility index (Phi) is 7.02. The Balaban J connectivity index is 1.37. The number of nitrogens with one attached hydrogen (secondary N) is 2. The molecule has 3 aromatic rings. The average Bonchev–Trinajstić information content (AvgIpc) is 3.21. The third-order valence-electron chi connectivity index (χ3n) is 7.68. The quantitative estimate of drug-likeness (QED) is 0.477. The lowest BCUT2D eigenvalue weighted by molar-refractivity contribution is 0.175. The molecule has 7 nitrogen and oxygen atoms in total. The van der Waals surface area contributed by atoms with Crippen LogP contribution in [0.5, 0.6) is 0 Å². The van der Waals surface area contributed by atoms with Crippen molar-refractivity contribution in [2.24, 2.45) is 5.92 Å².